The van der Waals surface area contributed by atoms with Crippen LogP contribution in [0.4, 0.5) is 4.79 Å². The first-order chi connectivity index (χ1) is 11.0. The molecule has 0 aliphatic heterocycles. The van der Waals surface area contributed by atoms with Gasteiger partial charge in [-0.1, -0.05) is 13.8 Å². The Bertz CT molecular complexity index is 344. The molecular formula is C17H33NO5. The number of carbonyl (C=O) groups excluding carboxylic acids is 2. The van der Waals surface area contributed by atoms with Gasteiger partial charge in [-0.2, -0.15) is 0 Å². The largest absolute Gasteiger partial charge is 0.464 e. The van der Waals surface area contributed by atoms with E-state index in [-0.39, 0.29) is 18.8 Å². The highest BCUT2D eigenvalue weighted by Crippen LogP contribution is 2.34. The molecule has 0 saturated heterocycles. The van der Waals surface area contributed by atoms with Crippen molar-refractivity contribution in [1.82, 2.24) is 5.32 Å². The molecule has 0 radical (unpaired) electrons. The van der Waals surface area contributed by atoms with Crippen LogP contribution in [0.5, 0.6) is 0 Å². The minimum atomic E-state index is -0.695. The number of hydrogen-bond donors (Lipinski definition) is 1. The van der Waals surface area contributed by atoms with Gasteiger partial charge in [-0.05, 0) is 52.4 Å². The zero-order valence-electron chi connectivity index (χ0n) is 15.4. The quantitative estimate of drug-likeness (QED) is 0.656. The van der Waals surface area contributed by atoms with Gasteiger partial charge in [-0.15, -0.1) is 0 Å². The molecule has 1 amide bonds. The van der Waals surface area contributed by atoms with E-state index in [0.717, 1.165) is 0 Å². The first-order valence-electron chi connectivity index (χ1n) is 8.64. The summed E-state index contributed by atoms with van der Waals surface area (Å²) in [6, 6.07) is -0.695. The summed E-state index contributed by atoms with van der Waals surface area (Å²) < 4.78 is 15.4. The van der Waals surface area contributed by atoms with Gasteiger partial charge >= 0.3 is 12.1 Å². The lowest BCUT2D eigenvalue weighted by molar-refractivity contribution is -0.145. The molecule has 0 heterocycles. The third-order valence-electron chi connectivity index (χ3n) is 3.64. The van der Waals surface area contributed by atoms with Gasteiger partial charge in [-0.25, -0.2) is 9.59 Å². The van der Waals surface area contributed by atoms with E-state index in [0.29, 0.717) is 18.8 Å². The monoisotopic (exact) mass is 331 g/mol. The standard InChI is InChI=1S/C15H27NO5.C2H6/c1-5-20-14(17)13(16-15(18)19-4)9-6-10(2)21-11(3)12-7-8-12;1-2/h10-13H,5-9H2,1-4H3,(H,16,18);1-2H3/t10-,11?,13+;/m1./s1. The van der Waals surface area contributed by atoms with Crippen LogP contribution in [0.3, 0.4) is 0 Å². The summed E-state index contributed by atoms with van der Waals surface area (Å²) in [5, 5.41) is 2.50. The van der Waals surface area contributed by atoms with E-state index in [1.807, 2.05) is 20.8 Å². The lowest BCUT2D eigenvalue weighted by Crippen LogP contribution is -2.42. The molecule has 23 heavy (non-hydrogen) atoms. The number of carbonyl (C=O) groups is 2. The number of nitrogens with one attached hydrogen (secondary N) is 1. The van der Waals surface area contributed by atoms with Crippen molar-refractivity contribution in [3.8, 4) is 0 Å². The molecule has 0 spiro atoms. The minimum Gasteiger partial charge on any atom is -0.464 e. The predicted molar refractivity (Wildman–Crippen MR) is 89.3 cm³/mol. The second-order valence-corrected chi connectivity index (χ2v) is 5.51. The van der Waals surface area contributed by atoms with E-state index in [4.69, 9.17) is 9.47 Å². The predicted octanol–water partition coefficient (Wildman–Crippen LogP) is 3.28. The minimum absolute atomic E-state index is 0.0389. The highest BCUT2D eigenvalue weighted by atomic mass is 16.5. The molecular weight excluding hydrogens is 298 g/mol. The Morgan fingerprint density at radius 2 is 1.78 bits per heavy atom. The van der Waals surface area contributed by atoms with Crippen LogP contribution < -0.4 is 5.32 Å². The van der Waals surface area contributed by atoms with E-state index < -0.39 is 18.1 Å². The summed E-state index contributed by atoms with van der Waals surface area (Å²) in [6.07, 6.45) is 3.28. The summed E-state index contributed by atoms with van der Waals surface area (Å²) in [5.74, 6) is 0.242. The van der Waals surface area contributed by atoms with Crippen LogP contribution in [0.2, 0.25) is 0 Å². The number of amides is 1. The Hall–Kier alpha value is -1.30. The number of ether oxygens (including phenoxy) is 3. The highest BCUT2D eigenvalue weighted by molar-refractivity contribution is 5.81. The molecule has 136 valence electrons. The van der Waals surface area contributed by atoms with Gasteiger partial charge in [0.05, 0.1) is 25.9 Å². The first kappa shape index (κ1) is 21.7. The van der Waals surface area contributed by atoms with Crippen LogP contribution in [-0.2, 0) is 19.0 Å². The average molecular weight is 331 g/mol. The summed E-state index contributed by atoms with van der Waals surface area (Å²) in [4.78, 5) is 23.1. The number of methoxy groups -OCH3 is 1. The van der Waals surface area contributed by atoms with Crippen molar-refractivity contribution >= 4 is 12.1 Å². The second kappa shape index (κ2) is 12.2. The van der Waals surface area contributed by atoms with E-state index in [1.165, 1.54) is 20.0 Å². The van der Waals surface area contributed by atoms with Gasteiger partial charge in [0.15, 0.2) is 0 Å². The van der Waals surface area contributed by atoms with Crippen LogP contribution >= 0.6 is 0 Å². The van der Waals surface area contributed by atoms with E-state index in [2.05, 4.69) is 17.0 Å². The fourth-order valence-corrected chi connectivity index (χ4v) is 2.21. The lowest BCUT2D eigenvalue weighted by atomic mass is 10.1. The molecule has 1 rings (SSSR count). The van der Waals surface area contributed by atoms with Crippen LogP contribution in [0, 0.1) is 5.92 Å². The number of esters is 1. The van der Waals surface area contributed by atoms with Crippen molar-refractivity contribution in [2.75, 3.05) is 13.7 Å². The summed E-state index contributed by atoms with van der Waals surface area (Å²) in [5.41, 5.74) is 0. The molecule has 3 atom stereocenters. The lowest BCUT2D eigenvalue weighted by Gasteiger charge is -2.21. The molecule has 1 fully saturated rings. The van der Waals surface area contributed by atoms with Crippen molar-refractivity contribution in [3.63, 3.8) is 0 Å². The molecule has 1 aliphatic carbocycles. The van der Waals surface area contributed by atoms with Crippen molar-refractivity contribution in [3.05, 3.63) is 0 Å². The van der Waals surface area contributed by atoms with Gasteiger partial charge in [-0.3, -0.25) is 0 Å². The smallest absolute Gasteiger partial charge is 0.407 e. The van der Waals surface area contributed by atoms with Crippen molar-refractivity contribution in [1.29, 1.82) is 0 Å². The molecule has 1 aliphatic rings. The Labute approximate surface area is 140 Å². The molecule has 1 unspecified atom stereocenters. The first-order valence-corrected chi connectivity index (χ1v) is 8.64. The van der Waals surface area contributed by atoms with Crippen LogP contribution in [0.1, 0.15) is 60.3 Å². The van der Waals surface area contributed by atoms with E-state index >= 15 is 0 Å². The maximum absolute atomic E-state index is 11.8. The summed E-state index contributed by atoms with van der Waals surface area (Å²) >= 11 is 0. The normalized spacial score (nSPS) is 17.1. The fraction of sp³-hybridized carbons (Fsp3) is 0.882. The Balaban J connectivity index is 0.00000232. The third kappa shape index (κ3) is 9.43. The Morgan fingerprint density at radius 3 is 2.26 bits per heavy atom. The maximum Gasteiger partial charge on any atom is 0.407 e. The average Bonchev–Trinajstić information content (AvgIpc) is 3.38. The van der Waals surface area contributed by atoms with Crippen molar-refractivity contribution in [2.24, 2.45) is 5.92 Å². The van der Waals surface area contributed by atoms with Crippen LogP contribution in [-0.4, -0.2) is 44.0 Å². The summed E-state index contributed by atoms with van der Waals surface area (Å²) in [6.45, 7) is 10.1. The van der Waals surface area contributed by atoms with Gasteiger partial charge in [0.2, 0.25) is 0 Å². The number of rotatable bonds is 9. The number of hydrogen-bond acceptors (Lipinski definition) is 5. The molecule has 0 aromatic rings. The van der Waals surface area contributed by atoms with Gasteiger partial charge < -0.3 is 19.5 Å². The van der Waals surface area contributed by atoms with E-state index in [1.54, 1.807) is 6.92 Å². The second-order valence-electron chi connectivity index (χ2n) is 5.51. The molecule has 6 heteroatoms. The molecule has 1 saturated carbocycles. The molecule has 1 N–H and O–H groups in total. The summed E-state index contributed by atoms with van der Waals surface area (Å²) in [7, 11) is 1.26. The van der Waals surface area contributed by atoms with Gasteiger partial charge in [0, 0.05) is 0 Å². The zero-order chi connectivity index (χ0) is 17.8. The van der Waals surface area contributed by atoms with Crippen LogP contribution in [0.25, 0.3) is 0 Å². The highest BCUT2D eigenvalue weighted by Gasteiger charge is 2.30. The SMILES string of the molecule is CC.CCOC(=O)[C@H](CC[C@@H](C)OC(C)C1CC1)NC(=O)OC. The molecule has 0 bridgehead atoms. The van der Waals surface area contributed by atoms with Gasteiger partial charge in [0.1, 0.15) is 6.04 Å². The topological polar surface area (TPSA) is 73.9 Å². The Kier molecular flexibility index (Phi) is 11.5. The van der Waals surface area contributed by atoms with Crippen LogP contribution in [0.15, 0.2) is 0 Å². The number of alkyl carbamates (subject to hydrolysis) is 1. The van der Waals surface area contributed by atoms with Crippen molar-refractivity contribution < 1.29 is 23.8 Å². The van der Waals surface area contributed by atoms with Gasteiger partial charge in [0.25, 0.3) is 0 Å². The Morgan fingerprint density at radius 1 is 1.17 bits per heavy atom. The van der Waals surface area contributed by atoms with Crippen molar-refractivity contribution in [2.45, 2.75) is 78.6 Å². The molecule has 0 aromatic heterocycles. The zero-order valence-corrected chi connectivity index (χ0v) is 15.4. The maximum atomic E-state index is 11.8. The fourth-order valence-electron chi connectivity index (χ4n) is 2.21. The third-order valence-corrected chi connectivity index (χ3v) is 3.64. The van der Waals surface area contributed by atoms with E-state index in [9.17, 15) is 9.59 Å². The molecule has 6 nitrogen and oxygen atoms in total. The molecule has 0 aromatic carbocycles.